The number of halogens is 3. The molecule has 0 spiro atoms. The van der Waals surface area contributed by atoms with Crippen molar-refractivity contribution >= 4 is 6.03 Å². The molecule has 90 valence electrons. The molecule has 0 aromatic heterocycles. The van der Waals surface area contributed by atoms with E-state index in [0.717, 1.165) is 6.54 Å². The summed E-state index contributed by atoms with van der Waals surface area (Å²) in [6.45, 7) is 2.40. The number of likely N-dealkylation sites (N-methyl/N-ethyl adjacent to an activating group) is 1. The highest BCUT2D eigenvalue weighted by Crippen LogP contribution is 2.11. The van der Waals surface area contributed by atoms with Gasteiger partial charge in [0.25, 0.3) is 0 Å². The molecule has 0 radical (unpaired) electrons. The van der Waals surface area contributed by atoms with E-state index in [4.69, 9.17) is 0 Å². The molecule has 0 aliphatic heterocycles. The molecule has 0 atom stereocenters. The Morgan fingerprint density at radius 1 is 1.33 bits per heavy atom. The van der Waals surface area contributed by atoms with Gasteiger partial charge in [0.05, 0.1) is 0 Å². The number of urea groups is 1. The molecular weight excluding hydrogens is 211 g/mol. The maximum atomic E-state index is 11.7. The largest absolute Gasteiger partial charge is 0.405 e. The Morgan fingerprint density at radius 3 is 2.40 bits per heavy atom. The number of alkyl halides is 3. The second kappa shape index (κ2) is 6.49. The maximum absolute atomic E-state index is 11.7. The van der Waals surface area contributed by atoms with Crippen molar-refractivity contribution < 1.29 is 18.0 Å². The van der Waals surface area contributed by atoms with E-state index in [1.54, 1.807) is 5.32 Å². The van der Waals surface area contributed by atoms with Crippen LogP contribution in [0.3, 0.4) is 0 Å². The van der Waals surface area contributed by atoms with Crippen LogP contribution in [0.1, 0.15) is 6.92 Å². The molecule has 4 nitrogen and oxygen atoms in total. The zero-order valence-corrected chi connectivity index (χ0v) is 8.82. The van der Waals surface area contributed by atoms with E-state index in [2.05, 4.69) is 5.32 Å². The Kier molecular flexibility index (Phi) is 6.07. The number of carbonyl (C=O) groups excluding carboxylic acids is 1. The molecule has 0 rings (SSSR count). The highest BCUT2D eigenvalue weighted by atomic mass is 19.4. The third kappa shape index (κ3) is 9.33. The second-order valence-corrected chi connectivity index (χ2v) is 3.12. The normalized spacial score (nSPS) is 11.6. The predicted octanol–water partition coefficient (Wildman–Crippen LogP) is 0.800. The van der Waals surface area contributed by atoms with Gasteiger partial charge in [-0.3, -0.25) is 0 Å². The van der Waals surface area contributed by atoms with E-state index in [1.807, 2.05) is 18.9 Å². The fraction of sp³-hybridized carbons (Fsp3) is 0.875. The van der Waals surface area contributed by atoms with Crippen molar-refractivity contribution in [2.24, 2.45) is 0 Å². The quantitative estimate of drug-likeness (QED) is 0.729. The Hall–Kier alpha value is -0.980. The standard InChI is InChI=1S/C8H16F3N3O/c1-3-14(2)5-4-12-7(15)13-6-8(9,10)11/h3-6H2,1-2H3,(H2,12,13,15). The first-order valence-electron chi connectivity index (χ1n) is 4.62. The van der Waals surface area contributed by atoms with Gasteiger partial charge in [-0.15, -0.1) is 0 Å². The average Bonchev–Trinajstić information content (AvgIpc) is 2.13. The van der Waals surface area contributed by atoms with Crippen LogP contribution in [-0.2, 0) is 0 Å². The van der Waals surface area contributed by atoms with E-state index < -0.39 is 18.8 Å². The topological polar surface area (TPSA) is 44.4 Å². The minimum atomic E-state index is -4.36. The van der Waals surface area contributed by atoms with Crippen LogP contribution in [0.25, 0.3) is 0 Å². The summed E-state index contributed by atoms with van der Waals surface area (Å²) in [5, 5.41) is 4.05. The number of amides is 2. The van der Waals surface area contributed by atoms with Gasteiger partial charge in [-0.1, -0.05) is 6.92 Å². The van der Waals surface area contributed by atoms with Gasteiger partial charge in [-0.2, -0.15) is 13.2 Å². The fourth-order valence-corrected chi connectivity index (χ4v) is 0.761. The van der Waals surface area contributed by atoms with Crippen LogP contribution in [0.15, 0.2) is 0 Å². The van der Waals surface area contributed by atoms with E-state index in [0.29, 0.717) is 13.1 Å². The summed E-state index contributed by atoms with van der Waals surface area (Å²) < 4.78 is 35.0. The Morgan fingerprint density at radius 2 is 1.93 bits per heavy atom. The Labute approximate surface area is 86.8 Å². The van der Waals surface area contributed by atoms with Crippen molar-refractivity contribution in [1.82, 2.24) is 15.5 Å². The van der Waals surface area contributed by atoms with Gasteiger partial charge in [0, 0.05) is 13.1 Å². The Bertz CT molecular complexity index is 196. The monoisotopic (exact) mass is 227 g/mol. The first kappa shape index (κ1) is 14.0. The summed E-state index contributed by atoms with van der Waals surface area (Å²) in [4.78, 5) is 12.8. The first-order chi connectivity index (χ1) is 6.85. The van der Waals surface area contributed by atoms with Crippen molar-refractivity contribution in [2.75, 3.05) is 33.2 Å². The Balaban J connectivity index is 3.50. The molecule has 0 heterocycles. The van der Waals surface area contributed by atoms with Crippen LogP contribution in [0.4, 0.5) is 18.0 Å². The number of nitrogens with one attached hydrogen (secondary N) is 2. The fourth-order valence-electron chi connectivity index (χ4n) is 0.761. The van der Waals surface area contributed by atoms with Crippen molar-refractivity contribution in [3.63, 3.8) is 0 Å². The molecule has 7 heteroatoms. The summed E-state index contributed by atoms with van der Waals surface area (Å²) in [5.41, 5.74) is 0. The zero-order chi connectivity index (χ0) is 11.9. The van der Waals surface area contributed by atoms with Crippen molar-refractivity contribution in [2.45, 2.75) is 13.1 Å². The molecule has 0 saturated carbocycles. The number of nitrogens with zero attached hydrogens (tertiary/aromatic N) is 1. The van der Waals surface area contributed by atoms with Gasteiger partial charge in [-0.25, -0.2) is 4.79 Å². The van der Waals surface area contributed by atoms with Crippen LogP contribution in [-0.4, -0.2) is 50.3 Å². The van der Waals surface area contributed by atoms with Crippen LogP contribution in [0.5, 0.6) is 0 Å². The molecule has 0 aliphatic carbocycles. The SMILES string of the molecule is CCN(C)CCNC(=O)NCC(F)(F)F. The molecule has 0 aromatic rings. The van der Waals surface area contributed by atoms with Gasteiger partial charge < -0.3 is 15.5 Å². The summed E-state index contributed by atoms with van der Waals surface area (Å²) in [6.07, 6.45) is -4.36. The van der Waals surface area contributed by atoms with Crippen LogP contribution in [0, 0.1) is 0 Å². The molecule has 0 aromatic carbocycles. The lowest BCUT2D eigenvalue weighted by atomic mass is 10.5. The molecule has 0 saturated heterocycles. The van der Waals surface area contributed by atoms with E-state index >= 15 is 0 Å². The third-order valence-corrected chi connectivity index (χ3v) is 1.77. The highest BCUT2D eigenvalue weighted by molar-refractivity contribution is 5.73. The van der Waals surface area contributed by atoms with E-state index in [1.165, 1.54) is 0 Å². The smallest absolute Gasteiger partial charge is 0.337 e. The van der Waals surface area contributed by atoms with Gasteiger partial charge in [0.2, 0.25) is 0 Å². The molecule has 0 fully saturated rings. The summed E-state index contributed by atoms with van der Waals surface area (Å²) >= 11 is 0. The molecule has 0 unspecified atom stereocenters. The van der Waals surface area contributed by atoms with Gasteiger partial charge in [-0.05, 0) is 13.6 Å². The number of carbonyl (C=O) groups is 1. The summed E-state index contributed by atoms with van der Waals surface area (Å²) in [6, 6.07) is -0.795. The number of hydrogen-bond donors (Lipinski definition) is 2. The summed E-state index contributed by atoms with van der Waals surface area (Å²) in [5.74, 6) is 0. The molecule has 0 bridgehead atoms. The van der Waals surface area contributed by atoms with Crippen molar-refractivity contribution in [1.29, 1.82) is 0 Å². The van der Waals surface area contributed by atoms with Gasteiger partial charge in [0.15, 0.2) is 0 Å². The van der Waals surface area contributed by atoms with Crippen molar-refractivity contribution in [3.05, 3.63) is 0 Å². The number of hydrogen-bond acceptors (Lipinski definition) is 2. The lowest BCUT2D eigenvalue weighted by Gasteiger charge is -2.14. The molecule has 0 aliphatic rings. The van der Waals surface area contributed by atoms with Crippen LogP contribution in [0.2, 0.25) is 0 Å². The molecular formula is C8H16F3N3O. The first-order valence-corrected chi connectivity index (χ1v) is 4.62. The van der Waals surface area contributed by atoms with Crippen LogP contribution >= 0.6 is 0 Å². The van der Waals surface area contributed by atoms with Crippen molar-refractivity contribution in [3.8, 4) is 0 Å². The second-order valence-electron chi connectivity index (χ2n) is 3.12. The molecule has 2 N–H and O–H groups in total. The van der Waals surface area contributed by atoms with Crippen LogP contribution < -0.4 is 10.6 Å². The lowest BCUT2D eigenvalue weighted by molar-refractivity contribution is -0.122. The molecule has 15 heavy (non-hydrogen) atoms. The third-order valence-electron chi connectivity index (χ3n) is 1.77. The minimum absolute atomic E-state index is 0.327. The maximum Gasteiger partial charge on any atom is 0.405 e. The average molecular weight is 227 g/mol. The minimum Gasteiger partial charge on any atom is -0.337 e. The molecule has 2 amide bonds. The van der Waals surface area contributed by atoms with Gasteiger partial charge in [0.1, 0.15) is 6.54 Å². The van der Waals surface area contributed by atoms with E-state index in [9.17, 15) is 18.0 Å². The van der Waals surface area contributed by atoms with Gasteiger partial charge >= 0.3 is 12.2 Å². The number of rotatable bonds is 5. The predicted molar refractivity (Wildman–Crippen MR) is 50.6 cm³/mol. The zero-order valence-electron chi connectivity index (χ0n) is 8.82. The summed E-state index contributed by atoms with van der Waals surface area (Å²) in [7, 11) is 1.86. The highest BCUT2D eigenvalue weighted by Gasteiger charge is 2.27. The lowest BCUT2D eigenvalue weighted by Crippen LogP contribution is -2.43. The van der Waals surface area contributed by atoms with E-state index in [-0.39, 0.29) is 0 Å².